The van der Waals surface area contributed by atoms with E-state index in [-0.39, 0.29) is 18.6 Å². The van der Waals surface area contributed by atoms with Crippen LogP contribution in [0.1, 0.15) is 26.2 Å². The zero-order chi connectivity index (χ0) is 16.2. The van der Waals surface area contributed by atoms with Crippen LogP contribution in [0, 0.1) is 0 Å². The average molecular weight is 314 g/mol. The fraction of sp³-hybridized carbons (Fsp3) is 0.867. The number of guanidine groups is 1. The van der Waals surface area contributed by atoms with Gasteiger partial charge in [0.2, 0.25) is 5.91 Å². The van der Waals surface area contributed by atoms with E-state index in [9.17, 15) is 4.79 Å². The molecule has 1 aliphatic heterocycles. The van der Waals surface area contributed by atoms with Crippen LogP contribution in [0.3, 0.4) is 0 Å². The van der Waals surface area contributed by atoms with E-state index in [1.165, 1.54) is 4.90 Å². The van der Waals surface area contributed by atoms with Crippen molar-refractivity contribution in [3.63, 3.8) is 0 Å². The average Bonchev–Trinajstić information content (AvgIpc) is 3.01. The Labute approximate surface area is 133 Å². The van der Waals surface area contributed by atoms with E-state index in [0.29, 0.717) is 12.5 Å². The van der Waals surface area contributed by atoms with E-state index in [2.05, 4.69) is 15.6 Å². The third kappa shape index (κ3) is 8.19. The van der Waals surface area contributed by atoms with Gasteiger partial charge in [-0.3, -0.25) is 4.79 Å². The molecule has 1 fully saturated rings. The molecule has 0 radical (unpaired) electrons. The highest BCUT2D eigenvalue weighted by molar-refractivity contribution is 5.84. The first kappa shape index (κ1) is 18.7. The maximum absolute atomic E-state index is 11.6. The van der Waals surface area contributed by atoms with E-state index in [4.69, 9.17) is 9.47 Å². The molecule has 0 aromatic heterocycles. The summed E-state index contributed by atoms with van der Waals surface area (Å²) in [4.78, 5) is 17.5. The van der Waals surface area contributed by atoms with Crippen molar-refractivity contribution < 1.29 is 14.3 Å². The number of carbonyl (C=O) groups excluding carboxylic acids is 1. The van der Waals surface area contributed by atoms with Crippen LogP contribution in [0.15, 0.2) is 4.99 Å². The Balaban J connectivity index is 2.36. The standard InChI is InChI=1S/C15H30N4O3/c1-4-21-9-6-8-16-15(18-12-14(20)19(2)3)17-11-13-7-5-10-22-13/h13H,4-12H2,1-3H3,(H2,16,17,18). The molecule has 128 valence electrons. The molecule has 22 heavy (non-hydrogen) atoms. The largest absolute Gasteiger partial charge is 0.382 e. The second-order valence-corrected chi connectivity index (χ2v) is 5.45. The smallest absolute Gasteiger partial charge is 0.243 e. The van der Waals surface area contributed by atoms with Crippen molar-refractivity contribution in [3.8, 4) is 0 Å². The molecule has 0 aliphatic carbocycles. The number of aliphatic imine (C=N–C) groups is 1. The van der Waals surface area contributed by atoms with Gasteiger partial charge < -0.3 is 25.0 Å². The molecule has 0 bridgehead atoms. The highest BCUT2D eigenvalue weighted by atomic mass is 16.5. The summed E-state index contributed by atoms with van der Waals surface area (Å²) in [5, 5.41) is 6.48. The van der Waals surface area contributed by atoms with E-state index < -0.39 is 0 Å². The van der Waals surface area contributed by atoms with Crippen molar-refractivity contribution in [2.24, 2.45) is 4.99 Å². The molecule has 1 atom stereocenters. The summed E-state index contributed by atoms with van der Waals surface area (Å²) >= 11 is 0. The normalized spacial score (nSPS) is 18.3. The molecule has 0 aromatic rings. The highest BCUT2D eigenvalue weighted by Gasteiger charge is 2.15. The summed E-state index contributed by atoms with van der Waals surface area (Å²) in [5.41, 5.74) is 0. The van der Waals surface area contributed by atoms with Gasteiger partial charge in [0.25, 0.3) is 0 Å². The first-order chi connectivity index (χ1) is 10.6. The predicted molar refractivity (Wildman–Crippen MR) is 87.1 cm³/mol. The number of likely N-dealkylation sites (N-methyl/N-ethyl adjacent to an activating group) is 1. The maximum Gasteiger partial charge on any atom is 0.243 e. The molecule has 7 nitrogen and oxygen atoms in total. The van der Waals surface area contributed by atoms with Crippen molar-refractivity contribution >= 4 is 11.9 Å². The summed E-state index contributed by atoms with van der Waals surface area (Å²) in [6, 6.07) is 0. The molecular weight excluding hydrogens is 284 g/mol. The number of hydrogen-bond donors (Lipinski definition) is 2. The Morgan fingerprint density at radius 3 is 2.86 bits per heavy atom. The van der Waals surface area contributed by atoms with Crippen molar-refractivity contribution in [2.45, 2.75) is 32.3 Å². The van der Waals surface area contributed by atoms with Gasteiger partial charge in [0.15, 0.2) is 5.96 Å². The number of ether oxygens (including phenoxy) is 2. The number of amides is 1. The highest BCUT2D eigenvalue weighted by Crippen LogP contribution is 2.10. The van der Waals surface area contributed by atoms with E-state index in [0.717, 1.165) is 45.6 Å². The van der Waals surface area contributed by atoms with Gasteiger partial charge in [0, 0.05) is 47.0 Å². The third-order valence-corrected chi connectivity index (χ3v) is 3.35. The molecule has 0 spiro atoms. The first-order valence-corrected chi connectivity index (χ1v) is 8.05. The molecule has 1 saturated heterocycles. The Morgan fingerprint density at radius 2 is 2.23 bits per heavy atom. The molecule has 1 aliphatic rings. The summed E-state index contributed by atoms with van der Waals surface area (Å²) in [7, 11) is 3.46. The van der Waals surface area contributed by atoms with E-state index >= 15 is 0 Å². The lowest BCUT2D eigenvalue weighted by atomic mass is 10.2. The lowest BCUT2D eigenvalue weighted by Crippen LogP contribution is -2.42. The molecule has 0 aromatic carbocycles. The Bertz CT molecular complexity index is 342. The van der Waals surface area contributed by atoms with Crippen LogP contribution in [0.5, 0.6) is 0 Å². The van der Waals surface area contributed by atoms with Gasteiger partial charge in [0.05, 0.1) is 6.10 Å². The zero-order valence-electron chi connectivity index (χ0n) is 14.1. The zero-order valence-corrected chi connectivity index (χ0v) is 14.1. The van der Waals surface area contributed by atoms with Crippen LogP contribution in [-0.4, -0.2) is 76.4 Å². The molecule has 0 saturated carbocycles. The van der Waals surface area contributed by atoms with Crippen LogP contribution in [0.4, 0.5) is 0 Å². The molecule has 1 unspecified atom stereocenters. The van der Waals surface area contributed by atoms with Crippen molar-refractivity contribution in [2.75, 3.05) is 53.6 Å². The summed E-state index contributed by atoms with van der Waals surface area (Å²) < 4.78 is 10.9. The monoisotopic (exact) mass is 314 g/mol. The van der Waals surface area contributed by atoms with Gasteiger partial charge in [-0.25, -0.2) is 4.99 Å². The summed E-state index contributed by atoms with van der Waals surface area (Å²) in [6.45, 7) is 5.88. The van der Waals surface area contributed by atoms with E-state index in [1.807, 2.05) is 6.92 Å². The van der Waals surface area contributed by atoms with Gasteiger partial charge in [-0.2, -0.15) is 0 Å². The van der Waals surface area contributed by atoms with Crippen molar-refractivity contribution in [1.29, 1.82) is 0 Å². The summed E-state index contributed by atoms with van der Waals surface area (Å²) in [6.07, 6.45) is 3.32. The Hall–Kier alpha value is -1.34. The minimum atomic E-state index is -0.0208. The molecule has 1 heterocycles. The van der Waals surface area contributed by atoms with Gasteiger partial charge in [-0.1, -0.05) is 0 Å². The first-order valence-electron chi connectivity index (χ1n) is 8.05. The van der Waals surface area contributed by atoms with Crippen LogP contribution < -0.4 is 10.6 Å². The molecule has 7 heteroatoms. The van der Waals surface area contributed by atoms with Crippen LogP contribution in [0.2, 0.25) is 0 Å². The van der Waals surface area contributed by atoms with Gasteiger partial charge >= 0.3 is 0 Å². The second kappa shape index (κ2) is 11.3. The molecule has 1 amide bonds. The Morgan fingerprint density at radius 1 is 1.41 bits per heavy atom. The number of rotatable bonds is 9. The van der Waals surface area contributed by atoms with Crippen LogP contribution in [0.25, 0.3) is 0 Å². The van der Waals surface area contributed by atoms with Crippen molar-refractivity contribution in [3.05, 3.63) is 0 Å². The predicted octanol–water partition coefficient (Wildman–Crippen LogP) is 0.215. The topological polar surface area (TPSA) is 75.2 Å². The number of nitrogens with zero attached hydrogens (tertiary/aromatic N) is 2. The van der Waals surface area contributed by atoms with Gasteiger partial charge in [0.1, 0.15) is 6.54 Å². The number of nitrogens with one attached hydrogen (secondary N) is 2. The fourth-order valence-corrected chi connectivity index (χ4v) is 2.00. The quantitative estimate of drug-likeness (QED) is 0.362. The van der Waals surface area contributed by atoms with Crippen LogP contribution >= 0.6 is 0 Å². The lowest BCUT2D eigenvalue weighted by Gasteiger charge is -2.16. The minimum Gasteiger partial charge on any atom is -0.382 e. The minimum absolute atomic E-state index is 0.0208. The maximum atomic E-state index is 11.6. The van der Waals surface area contributed by atoms with E-state index in [1.54, 1.807) is 14.1 Å². The van der Waals surface area contributed by atoms with Crippen molar-refractivity contribution in [1.82, 2.24) is 15.5 Å². The fourth-order valence-electron chi connectivity index (χ4n) is 2.00. The lowest BCUT2D eigenvalue weighted by molar-refractivity contribution is -0.127. The SMILES string of the molecule is CCOCCCNC(=NCC(=O)N(C)C)NCC1CCCO1. The summed E-state index contributed by atoms with van der Waals surface area (Å²) in [5.74, 6) is 0.634. The Kier molecular flexibility index (Phi) is 9.57. The van der Waals surface area contributed by atoms with Gasteiger partial charge in [-0.15, -0.1) is 0 Å². The molecular formula is C15H30N4O3. The van der Waals surface area contributed by atoms with Gasteiger partial charge in [-0.05, 0) is 26.2 Å². The van der Waals surface area contributed by atoms with Crippen LogP contribution in [-0.2, 0) is 14.3 Å². The molecule has 2 N–H and O–H groups in total. The number of carbonyl (C=O) groups is 1. The molecule has 1 rings (SSSR count). The third-order valence-electron chi connectivity index (χ3n) is 3.35. The second-order valence-electron chi connectivity index (χ2n) is 5.45. The number of hydrogen-bond acceptors (Lipinski definition) is 4.